The average molecular weight is 394 g/mol. The topological polar surface area (TPSA) is 52.1 Å². The molecule has 2 saturated heterocycles. The maximum Gasteiger partial charge on any atom is 0.191 e. The van der Waals surface area contributed by atoms with Crippen molar-refractivity contribution in [2.45, 2.75) is 44.8 Å². The van der Waals surface area contributed by atoms with E-state index in [1.54, 1.807) is 0 Å². The molecule has 3 heterocycles. The molecule has 6 nitrogen and oxygen atoms in total. The third-order valence-corrected chi connectivity index (χ3v) is 6.62. The molecular formula is C20H35N5OS. The molecule has 2 fully saturated rings. The summed E-state index contributed by atoms with van der Waals surface area (Å²) >= 11 is 1.83. The van der Waals surface area contributed by atoms with Crippen molar-refractivity contribution in [2.75, 3.05) is 53.0 Å². The summed E-state index contributed by atoms with van der Waals surface area (Å²) in [6.45, 7) is 11.4. The second-order valence-electron chi connectivity index (χ2n) is 7.68. The van der Waals surface area contributed by atoms with Crippen LogP contribution in [0.3, 0.4) is 0 Å². The molecular weight excluding hydrogens is 358 g/mol. The van der Waals surface area contributed by atoms with E-state index in [0.29, 0.717) is 18.1 Å². The van der Waals surface area contributed by atoms with Gasteiger partial charge in [-0.25, -0.2) is 0 Å². The van der Waals surface area contributed by atoms with Gasteiger partial charge in [0.25, 0.3) is 0 Å². The van der Waals surface area contributed by atoms with Crippen molar-refractivity contribution in [3.63, 3.8) is 0 Å². The standard InChI is InChI=1S/C20H35N5OS/c1-16(2)24-8-6-17(7-9-24)23-20(21-3)22-15-18(19-5-4-14-27-19)25-10-12-26-13-11-25/h4-5,14,16-18H,6-13,15H2,1-3H3,(H2,21,22,23). The SMILES string of the molecule is CN=C(NCC(c1cccs1)N1CCOCC1)NC1CCN(C(C)C)CC1. The molecule has 0 bridgehead atoms. The minimum Gasteiger partial charge on any atom is -0.379 e. The fraction of sp³-hybridized carbons (Fsp3) is 0.750. The maximum atomic E-state index is 5.54. The molecule has 3 rings (SSSR count). The number of rotatable bonds is 6. The van der Waals surface area contributed by atoms with Crippen LogP contribution in [-0.4, -0.2) is 80.8 Å². The first-order chi connectivity index (χ1) is 13.2. The highest BCUT2D eigenvalue weighted by Gasteiger charge is 2.25. The number of morpholine rings is 1. The predicted octanol–water partition coefficient (Wildman–Crippen LogP) is 2.16. The van der Waals surface area contributed by atoms with Crippen LogP contribution in [0.15, 0.2) is 22.5 Å². The monoisotopic (exact) mass is 393 g/mol. The number of aliphatic imine (C=N–C) groups is 1. The summed E-state index contributed by atoms with van der Waals surface area (Å²) in [7, 11) is 1.87. The van der Waals surface area contributed by atoms with Crippen molar-refractivity contribution >= 4 is 17.3 Å². The molecule has 0 radical (unpaired) electrons. The Morgan fingerprint density at radius 3 is 2.56 bits per heavy atom. The molecule has 2 aliphatic rings. The van der Waals surface area contributed by atoms with Crippen LogP contribution in [0.1, 0.15) is 37.6 Å². The van der Waals surface area contributed by atoms with Gasteiger partial charge in [-0.2, -0.15) is 0 Å². The van der Waals surface area contributed by atoms with Crippen LogP contribution < -0.4 is 10.6 Å². The fourth-order valence-corrected chi connectivity index (χ4v) is 4.78. The van der Waals surface area contributed by atoms with Crippen molar-refractivity contribution in [2.24, 2.45) is 4.99 Å². The van der Waals surface area contributed by atoms with Crippen LogP contribution in [0.5, 0.6) is 0 Å². The van der Waals surface area contributed by atoms with Crippen molar-refractivity contribution in [3.8, 4) is 0 Å². The van der Waals surface area contributed by atoms with Crippen molar-refractivity contribution in [3.05, 3.63) is 22.4 Å². The van der Waals surface area contributed by atoms with E-state index in [2.05, 4.69) is 56.8 Å². The zero-order chi connectivity index (χ0) is 19.1. The van der Waals surface area contributed by atoms with E-state index < -0.39 is 0 Å². The summed E-state index contributed by atoms with van der Waals surface area (Å²) in [6, 6.07) is 5.90. The first-order valence-corrected chi connectivity index (χ1v) is 11.1. The number of hydrogen-bond donors (Lipinski definition) is 2. The molecule has 0 aliphatic carbocycles. The van der Waals surface area contributed by atoms with Gasteiger partial charge in [0.15, 0.2) is 5.96 Å². The molecule has 1 unspecified atom stereocenters. The summed E-state index contributed by atoms with van der Waals surface area (Å²) < 4.78 is 5.54. The number of nitrogens with one attached hydrogen (secondary N) is 2. The zero-order valence-corrected chi connectivity index (χ0v) is 17.8. The molecule has 0 aromatic carbocycles. The van der Waals surface area contributed by atoms with Gasteiger partial charge >= 0.3 is 0 Å². The molecule has 0 amide bonds. The number of piperidine rings is 1. The molecule has 1 aromatic heterocycles. The van der Waals surface area contributed by atoms with E-state index in [1.807, 2.05) is 18.4 Å². The minimum absolute atomic E-state index is 0.371. The van der Waals surface area contributed by atoms with Crippen molar-refractivity contribution in [1.29, 1.82) is 0 Å². The molecule has 27 heavy (non-hydrogen) atoms. The Hall–Kier alpha value is -1.15. The van der Waals surface area contributed by atoms with Crippen LogP contribution in [-0.2, 0) is 4.74 Å². The molecule has 1 atom stereocenters. The first kappa shape index (κ1) is 20.6. The number of hydrogen-bond acceptors (Lipinski definition) is 5. The lowest BCUT2D eigenvalue weighted by Crippen LogP contribution is -2.51. The Kier molecular flexibility index (Phi) is 7.93. The maximum absolute atomic E-state index is 5.54. The van der Waals surface area contributed by atoms with Gasteiger partial charge in [0, 0.05) is 56.7 Å². The Morgan fingerprint density at radius 1 is 1.22 bits per heavy atom. The number of likely N-dealkylation sites (tertiary alicyclic amines) is 1. The molecule has 2 N–H and O–H groups in total. The van der Waals surface area contributed by atoms with Crippen LogP contribution >= 0.6 is 11.3 Å². The van der Waals surface area contributed by atoms with Crippen LogP contribution in [0.2, 0.25) is 0 Å². The Bertz CT molecular complexity index is 563. The first-order valence-electron chi connectivity index (χ1n) is 10.2. The lowest BCUT2D eigenvalue weighted by molar-refractivity contribution is 0.0177. The van der Waals surface area contributed by atoms with Gasteiger partial charge in [0.1, 0.15) is 0 Å². The third kappa shape index (κ3) is 5.91. The summed E-state index contributed by atoms with van der Waals surface area (Å²) in [5.41, 5.74) is 0. The summed E-state index contributed by atoms with van der Waals surface area (Å²) in [4.78, 5) is 11.0. The van der Waals surface area contributed by atoms with Gasteiger partial charge in [-0.05, 0) is 38.1 Å². The van der Waals surface area contributed by atoms with E-state index >= 15 is 0 Å². The summed E-state index contributed by atoms with van der Waals surface area (Å²) in [5.74, 6) is 0.924. The van der Waals surface area contributed by atoms with E-state index in [0.717, 1.165) is 51.9 Å². The van der Waals surface area contributed by atoms with Crippen LogP contribution in [0, 0.1) is 0 Å². The highest BCUT2D eigenvalue weighted by molar-refractivity contribution is 7.10. The number of guanidine groups is 1. The smallest absolute Gasteiger partial charge is 0.191 e. The molecule has 0 saturated carbocycles. The van der Waals surface area contributed by atoms with Gasteiger partial charge in [-0.1, -0.05) is 6.07 Å². The fourth-order valence-electron chi connectivity index (χ4n) is 3.92. The number of thiophene rings is 1. The Balaban J connectivity index is 1.52. The molecule has 152 valence electrons. The van der Waals surface area contributed by atoms with Crippen molar-refractivity contribution in [1.82, 2.24) is 20.4 Å². The van der Waals surface area contributed by atoms with Crippen LogP contribution in [0.4, 0.5) is 0 Å². The van der Waals surface area contributed by atoms with E-state index in [1.165, 1.54) is 17.7 Å². The third-order valence-electron chi connectivity index (χ3n) is 5.65. The highest BCUT2D eigenvalue weighted by Crippen LogP contribution is 2.25. The van der Waals surface area contributed by atoms with Gasteiger partial charge in [0.2, 0.25) is 0 Å². The Morgan fingerprint density at radius 2 is 1.96 bits per heavy atom. The quantitative estimate of drug-likeness (QED) is 0.573. The second kappa shape index (κ2) is 10.4. The lowest BCUT2D eigenvalue weighted by atomic mass is 10.0. The van der Waals surface area contributed by atoms with Gasteiger partial charge < -0.3 is 20.3 Å². The number of ether oxygens (including phenoxy) is 1. The highest BCUT2D eigenvalue weighted by atomic mass is 32.1. The lowest BCUT2D eigenvalue weighted by Gasteiger charge is -2.36. The average Bonchev–Trinajstić information content (AvgIpc) is 3.23. The molecule has 1 aromatic rings. The van der Waals surface area contributed by atoms with Gasteiger partial charge in [-0.15, -0.1) is 11.3 Å². The second-order valence-corrected chi connectivity index (χ2v) is 8.66. The molecule has 2 aliphatic heterocycles. The van der Waals surface area contributed by atoms with Crippen molar-refractivity contribution < 1.29 is 4.74 Å². The normalized spacial score (nSPS) is 22.1. The Labute approximate surface area is 168 Å². The van der Waals surface area contributed by atoms with E-state index in [9.17, 15) is 0 Å². The molecule has 7 heteroatoms. The summed E-state index contributed by atoms with van der Waals surface area (Å²) in [6.07, 6.45) is 2.35. The van der Waals surface area contributed by atoms with Gasteiger partial charge in [0.05, 0.1) is 19.3 Å². The number of nitrogens with zero attached hydrogens (tertiary/aromatic N) is 3. The predicted molar refractivity (Wildman–Crippen MR) is 114 cm³/mol. The van der Waals surface area contributed by atoms with Gasteiger partial charge in [-0.3, -0.25) is 9.89 Å². The van der Waals surface area contributed by atoms with E-state index in [-0.39, 0.29) is 0 Å². The largest absolute Gasteiger partial charge is 0.379 e. The summed E-state index contributed by atoms with van der Waals surface area (Å²) in [5, 5.41) is 9.39. The van der Waals surface area contributed by atoms with Crippen LogP contribution in [0.25, 0.3) is 0 Å². The zero-order valence-electron chi connectivity index (χ0n) is 17.0. The minimum atomic E-state index is 0.371. The molecule has 0 spiro atoms. The van der Waals surface area contributed by atoms with E-state index in [4.69, 9.17) is 4.74 Å².